The van der Waals surface area contributed by atoms with Gasteiger partial charge in [-0.05, 0) is 17.9 Å². The summed E-state index contributed by atoms with van der Waals surface area (Å²) in [6.45, 7) is 9.71. The Morgan fingerprint density at radius 2 is 1.93 bits per heavy atom. The van der Waals surface area contributed by atoms with Crippen LogP contribution in [0.1, 0.15) is 37.8 Å². The van der Waals surface area contributed by atoms with E-state index in [9.17, 15) is 0 Å². The molecule has 0 N–H and O–H groups in total. The second-order valence-corrected chi connectivity index (χ2v) is 5.29. The van der Waals surface area contributed by atoms with Gasteiger partial charge in [-0.3, -0.25) is 0 Å². The summed E-state index contributed by atoms with van der Waals surface area (Å²) >= 11 is 0. The molecule has 1 aromatic rings. The van der Waals surface area contributed by atoms with Crippen molar-refractivity contribution in [2.75, 3.05) is 13.7 Å². The van der Waals surface area contributed by atoms with Gasteiger partial charge in [0.05, 0.1) is 6.61 Å². The molecule has 1 heteroatoms. The minimum absolute atomic E-state index is 0.240. The van der Waals surface area contributed by atoms with Crippen molar-refractivity contribution in [1.29, 1.82) is 0 Å². The molecule has 84 valence electrons. The van der Waals surface area contributed by atoms with Crippen LogP contribution in [-0.2, 0) is 4.74 Å². The van der Waals surface area contributed by atoms with Crippen LogP contribution in [0.4, 0.5) is 0 Å². The average molecular weight is 206 g/mol. The van der Waals surface area contributed by atoms with E-state index >= 15 is 0 Å². The van der Waals surface area contributed by atoms with E-state index in [1.54, 1.807) is 7.11 Å². The summed E-state index contributed by atoms with van der Waals surface area (Å²) in [6.07, 6.45) is 0. The Balaban J connectivity index is 2.99. The second kappa shape index (κ2) is 4.80. The molecule has 0 aliphatic carbocycles. The number of aryl methyl sites for hydroxylation is 1. The first-order valence-corrected chi connectivity index (χ1v) is 5.50. The van der Waals surface area contributed by atoms with Crippen LogP contribution >= 0.6 is 0 Å². The summed E-state index contributed by atoms with van der Waals surface area (Å²) in [5, 5.41) is 0. The van der Waals surface area contributed by atoms with E-state index in [1.165, 1.54) is 11.1 Å². The molecule has 1 aromatic carbocycles. The van der Waals surface area contributed by atoms with Crippen molar-refractivity contribution in [3.05, 3.63) is 35.4 Å². The van der Waals surface area contributed by atoms with Gasteiger partial charge in [-0.1, -0.05) is 50.6 Å². The zero-order valence-electron chi connectivity index (χ0n) is 10.5. The third kappa shape index (κ3) is 3.35. The molecule has 0 radical (unpaired) electrons. The number of benzene rings is 1. The fraction of sp³-hybridized carbons (Fsp3) is 0.571. The minimum atomic E-state index is 0.240. The van der Waals surface area contributed by atoms with Gasteiger partial charge in [0.15, 0.2) is 0 Å². The molecule has 0 unspecified atom stereocenters. The van der Waals surface area contributed by atoms with Crippen molar-refractivity contribution < 1.29 is 4.74 Å². The van der Waals surface area contributed by atoms with Crippen molar-refractivity contribution in [3.8, 4) is 0 Å². The maximum Gasteiger partial charge on any atom is 0.0535 e. The molecule has 0 spiro atoms. The fourth-order valence-electron chi connectivity index (χ4n) is 1.90. The molecule has 0 fully saturated rings. The van der Waals surface area contributed by atoms with Gasteiger partial charge in [-0.15, -0.1) is 0 Å². The molecule has 15 heavy (non-hydrogen) atoms. The van der Waals surface area contributed by atoms with Crippen molar-refractivity contribution in [2.24, 2.45) is 5.41 Å². The van der Waals surface area contributed by atoms with Crippen LogP contribution < -0.4 is 0 Å². The van der Waals surface area contributed by atoms with Crippen LogP contribution in [0, 0.1) is 12.3 Å². The molecule has 1 rings (SSSR count). The quantitative estimate of drug-likeness (QED) is 0.731. The standard InChI is InChI=1S/C14H22O/c1-11-7-6-8-12(9-11)13(10-15-5)14(2,3)4/h6-9,13H,10H2,1-5H3/t13-/m1/s1. The molecule has 1 atom stereocenters. The van der Waals surface area contributed by atoms with E-state index in [0.29, 0.717) is 5.92 Å². The van der Waals surface area contributed by atoms with Gasteiger partial charge >= 0.3 is 0 Å². The van der Waals surface area contributed by atoms with Gasteiger partial charge in [-0.2, -0.15) is 0 Å². The van der Waals surface area contributed by atoms with E-state index in [1.807, 2.05) is 0 Å². The Kier molecular flexibility index (Phi) is 3.92. The summed E-state index contributed by atoms with van der Waals surface area (Å²) in [5.41, 5.74) is 2.94. The van der Waals surface area contributed by atoms with Gasteiger partial charge in [0.1, 0.15) is 0 Å². The molecule has 0 aliphatic rings. The summed E-state index contributed by atoms with van der Waals surface area (Å²) in [7, 11) is 1.77. The summed E-state index contributed by atoms with van der Waals surface area (Å²) in [6, 6.07) is 8.71. The van der Waals surface area contributed by atoms with Gasteiger partial charge < -0.3 is 4.74 Å². The molecule has 0 aliphatic heterocycles. The van der Waals surface area contributed by atoms with Crippen LogP contribution in [0.2, 0.25) is 0 Å². The molecular weight excluding hydrogens is 184 g/mol. The van der Waals surface area contributed by atoms with Crippen molar-refractivity contribution in [2.45, 2.75) is 33.6 Å². The number of hydrogen-bond acceptors (Lipinski definition) is 1. The largest absolute Gasteiger partial charge is 0.384 e. The Hall–Kier alpha value is -0.820. The normalized spacial score (nSPS) is 13.9. The lowest BCUT2D eigenvalue weighted by atomic mass is 9.77. The number of hydrogen-bond donors (Lipinski definition) is 0. The first-order valence-electron chi connectivity index (χ1n) is 5.50. The van der Waals surface area contributed by atoms with E-state index in [-0.39, 0.29) is 5.41 Å². The maximum absolute atomic E-state index is 5.32. The van der Waals surface area contributed by atoms with Crippen molar-refractivity contribution >= 4 is 0 Å². The van der Waals surface area contributed by atoms with E-state index in [4.69, 9.17) is 4.74 Å². The van der Waals surface area contributed by atoms with Crippen molar-refractivity contribution in [1.82, 2.24) is 0 Å². The van der Waals surface area contributed by atoms with Gasteiger partial charge in [0.2, 0.25) is 0 Å². The van der Waals surface area contributed by atoms with E-state index in [0.717, 1.165) is 6.61 Å². The number of ether oxygens (including phenoxy) is 1. The smallest absolute Gasteiger partial charge is 0.0535 e. The number of methoxy groups -OCH3 is 1. The predicted molar refractivity (Wildman–Crippen MR) is 65.3 cm³/mol. The predicted octanol–water partition coefficient (Wildman–Crippen LogP) is 3.77. The third-order valence-corrected chi connectivity index (χ3v) is 2.82. The highest BCUT2D eigenvalue weighted by atomic mass is 16.5. The maximum atomic E-state index is 5.32. The average Bonchev–Trinajstić information content (AvgIpc) is 2.12. The third-order valence-electron chi connectivity index (χ3n) is 2.82. The Morgan fingerprint density at radius 3 is 2.40 bits per heavy atom. The highest BCUT2D eigenvalue weighted by molar-refractivity contribution is 5.26. The summed E-state index contributed by atoms with van der Waals surface area (Å²) < 4.78 is 5.32. The molecule has 0 aromatic heterocycles. The lowest BCUT2D eigenvalue weighted by Crippen LogP contribution is -2.22. The Bertz CT molecular complexity index is 309. The van der Waals surface area contributed by atoms with Crippen LogP contribution in [0.15, 0.2) is 24.3 Å². The van der Waals surface area contributed by atoms with Gasteiger partial charge in [-0.25, -0.2) is 0 Å². The Morgan fingerprint density at radius 1 is 1.27 bits per heavy atom. The SMILES string of the molecule is COC[C@H](c1cccc(C)c1)C(C)(C)C. The molecule has 0 saturated carbocycles. The van der Waals surface area contributed by atoms with Crippen molar-refractivity contribution in [3.63, 3.8) is 0 Å². The highest BCUT2D eigenvalue weighted by Crippen LogP contribution is 2.35. The first kappa shape index (κ1) is 12.3. The van der Waals surface area contributed by atoms with E-state index < -0.39 is 0 Å². The molecule has 0 heterocycles. The minimum Gasteiger partial charge on any atom is -0.384 e. The molecule has 1 nitrogen and oxygen atoms in total. The zero-order valence-corrected chi connectivity index (χ0v) is 10.5. The number of rotatable bonds is 3. The summed E-state index contributed by atoms with van der Waals surface area (Å²) in [4.78, 5) is 0. The topological polar surface area (TPSA) is 9.23 Å². The Labute approximate surface area is 93.5 Å². The second-order valence-electron chi connectivity index (χ2n) is 5.29. The zero-order chi connectivity index (χ0) is 11.5. The van der Waals surface area contributed by atoms with Gasteiger partial charge in [0.25, 0.3) is 0 Å². The molecule has 0 saturated heterocycles. The van der Waals surface area contributed by atoms with Gasteiger partial charge in [0, 0.05) is 13.0 Å². The van der Waals surface area contributed by atoms with Crippen LogP contribution in [0.5, 0.6) is 0 Å². The molecule has 0 amide bonds. The van der Waals surface area contributed by atoms with E-state index in [2.05, 4.69) is 52.0 Å². The molecule has 0 bridgehead atoms. The highest BCUT2D eigenvalue weighted by Gasteiger charge is 2.25. The lowest BCUT2D eigenvalue weighted by molar-refractivity contribution is 0.132. The molecular formula is C14H22O. The first-order chi connectivity index (χ1) is 6.95. The van der Waals surface area contributed by atoms with Crippen LogP contribution in [0.25, 0.3) is 0 Å². The van der Waals surface area contributed by atoms with Crippen LogP contribution in [-0.4, -0.2) is 13.7 Å². The fourth-order valence-corrected chi connectivity index (χ4v) is 1.90. The summed E-state index contributed by atoms with van der Waals surface area (Å²) in [5.74, 6) is 0.461. The monoisotopic (exact) mass is 206 g/mol. The lowest BCUT2D eigenvalue weighted by Gasteiger charge is -2.30. The van der Waals surface area contributed by atoms with Crippen LogP contribution in [0.3, 0.4) is 0 Å².